The highest BCUT2D eigenvalue weighted by Gasteiger charge is 2.30. The van der Waals surface area contributed by atoms with Crippen LogP contribution in [0.5, 0.6) is 0 Å². The highest BCUT2D eigenvalue weighted by Crippen LogP contribution is 2.32. The third-order valence-corrected chi connectivity index (χ3v) is 4.87. The summed E-state index contributed by atoms with van der Waals surface area (Å²) in [6.07, 6.45) is 1.32. The average molecular weight is 260 g/mol. The zero-order chi connectivity index (χ0) is 14.0. The van der Waals surface area contributed by atoms with E-state index in [9.17, 15) is 0 Å². The Labute approximate surface area is 118 Å². The Kier molecular flexibility index (Phi) is 4.64. The zero-order valence-corrected chi connectivity index (χ0v) is 12.8. The van der Waals surface area contributed by atoms with Gasteiger partial charge in [0.25, 0.3) is 0 Å². The third-order valence-electron chi connectivity index (χ3n) is 4.87. The molecule has 0 radical (unpaired) electrons. The Morgan fingerprint density at radius 2 is 2.05 bits per heavy atom. The molecule has 0 bridgehead atoms. The molecule has 0 aliphatic carbocycles. The summed E-state index contributed by atoms with van der Waals surface area (Å²) in [6, 6.07) is 7.00. The predicted octanol–water partition coefficient (Wildman–Crippen LogP) is 3.28. The Bertz CT molecular complexity index is 425. The second kappa shape index (κ2) is 6.06. The third kappa shape index (κ3) is 3.01. The fraction of sp³-hybridized carbons (Fsp3) is 0.647. The first-order valence-corrected chi connectivity index (χ1v) is 7.54. The summed E-state index contributed by atoms with van der Waals surface area (Å²) >= 11 is 0. The minimum absolute atomic E-state index is 0.392. The Balaban J connectivity index is 2.19. The van der Waals surface area contributed by atoms with Gasteiger partial charge >= 0.3 is 0 Å². The van der Waals surface area contributed by atoms with Gasteiger partial charge in [0.2, 0.25) is 0 Å². The number of rotatable bonds is 4. The second-order valence-corrected chi connectivity index (χ2v) is 6.33. The fourth-order valence-electron chi connectivity index (χ4n) is 3.25. The molecule has 1 aliphatic rings. The van der Waals surface area contributed by atoms with Crippen LogP contribution in [0.15, 0.2) is 18.2 Å². The highest BCUT2D eigenvalue weighted by atomic mass is 15.2. The second-order valence-electron chi connectivity index (χ2n) is 6.33. The fourth-order valence-corrected chi connectivity index (χ4v) is 3.25. The van der Waals surface area contributed by atoms with Crippen molar-refractivity contribution in [2.24, 2.45) is 17.6 Å². The Hall–Kier alpha value is -0.860. The maximum absolute atomic E-state index is 6.08. The SMILES string of the molecule is Cc1cccc(C(CN)N2CCC(C(C)C)C2)c1C. The summed E-state index contributed by atoms with van der Waals surface area (Å²) in [7, 11) is 0. The first-order valence-electron chi connectivity index (χ1n) is 7.54. The van der Waals surface area contributed by atoms with E-state index in [2.05, 4.69) is 50.8 Å². The molecule has 1 saturated heterocycles. The molecule has 2 N–H and O–H groups in total. The molecule has 1 aliphatic heterocycles. The monoisotopic (exact) mass is 260 g/mol. The van der Waals surface area contributed by atoms with Crippen LogP contribution in [0, 0.1) is 25.7 Å². The van der Waals surface area contributed by atoms with Crippen LogP contribution < -0.4 is 5.73 Å². The first kappa shape index (κ1) is 14.5. The molecule has 1 aromatic rings. The number of aryl methyl sites for hydroxylation is 1. The molecule has 19 heavy (non-hydrogen) atoms. The molecule has 0 aromatic heterocycles. The van der Waals surface area contributed by atoms with Crippen molar-refractivity contribution in [1.29, 1.82) is 0 Å². The molecule has 0 spiro atoms. The van der Waals surface area contributed by atoms with Crippen molar-refractivity contribution in [3.63, 3.8) is 0 Å². The number of benzene rings is 1. The van der Waals surface area contributed by atoms with Gasteiger partial charge < -0.3 is 5.73 Å². The van der Waals surface area contributed by atoms with Crippen molar-refractivity contribution in [3.05, 3.63) is 34.9 Å². The standard InChI is InChI=1S/C17H28N2/c1-12(2)15-8-9-19(11-15)17(10-18)16-7-5-6-13(3)14(16)4/h5-7,12,15,17H,8-11,18H2,1-4H3. The minimum Gasteiger partial charge on any atom is -0.329 e. The molecule has 106 valence electrons. The van der Waals surface area contributed by atoms with Crippen LogP contribution in [0.1, 0.15) is 43.0 Å². The van der Waals surface area contributed by atoms with Gasteiger partial charge in [0.1, 0.15) is 0 Å². The van der Waals surface area contributed by atoms with Gasteiger partial charge in [0.15, 0.2) is 0 Å². The van der Waals surface area contributed by atoms with Gasteiger partial charge in [-0.15, -0.1) is 0 Å². The van der Waals surface area contributed by atoms with Gasteiger partial charge in [0, 0.05) is 19.1 Å². The molecular weight excluding hydrogens is 232 g/mol. The van der Waals surface area contributed by atoms with Crippen LogP contribution in [0.2, 0.25) is 0 Å². The van der Waals surface area contributed by atoms with E-state index in [1.54, 1.807) is 0 Å². The molecule has 2 unspecified atom stereocenters. The highest BCUT2D eigenvalue weighted by molar-refractivity contribution is 5.35. The van der Waals surface area contributed by atoms with Crippen LogP contribution in [0.3, 0.4) is 0 Å². The summed E-state index contributed by atoms with van der Waals surface area (Å²) in [4.78, 5) is 2.59. The van der Waals surface area contributed by atoms with Crippen molar-refractivity contribution in [3.8, 4) is 0 Å². The molecule has 1 heterocycles. The lowest BCUT2D eigenvalue weighted by Crippen LogP contribution is -2.33. The van der Waals surface area contributed by atoms with E-state index in [1.807, 2.05) is 0 Å². The summed E-state index contributed by atoms with van der Waals surface area (Å²) < 4.78 is 0. The lowest BCUT2D eigenvalue weighted by atomic mass is 9.94. The number of nitrogens with two attached hydrogens (primary N) is 1. The smallest absolute Gasteiger partial charge is 0.0473 e. The van der Waals surface area contributed by atoms with Gasteiger partial charge in [-0.2, -0.15) is 0 Å². The van der Waals surface area contributed by atoms with E-state index < -0.39 is 0 Å². The molecule has 2 rings (SSSR count). The zero-order valence-electron chi connectivity index (χ0n) is 12.8. The van der Waals surface area contributed by atoms with Crippen molar-refractivity contribution in [2.75, 3.05) is 19.6 Å². The van der Waals surface area contributed by atoms with Gasteiger partial charge in [-0.1, -0.05) is 32.0 Å². The van der Waals surface area contributed by atoms with Gasteiger partial charge in [-0.3, -0.25) is 4.90 Å². The predicted molar refractivity (Wildman–Crippen MR) is 82.2 cm³/mol. The Morgan fingerprint density at radius 1 is 1.32 bits per heavy atom. The van der Waals surface area contributed by atoms with E-state index in [1.165, 1.54) is 36.2 Å². The van der Waals surface area contributed by atoms with Crippen LogP contribution in [0.4, 0.5) is 0 Å². The number of nitrogens with zero attached hydrogens (tertiary/aromatic N) is 1. The summed E-state index contributed by atoms with van der Waals surface area (Å²) in [5, 5.41) is 0. The summed E-state index contributed by atoms with van der Waals surface area (Å²) in [5.74, 6) is 1.61. The van der Waals surface area contributed by atoms with Crippen molar-refractivity contribution in [1.82, 2.24) is 4.90 Å². The largest absolute Gasteiger partial charge is 0.329 e. The maximum Gasteiger partial charge on any atom is 0.0473 e. The first-order chi connectivity index (χ1) is 9.04. The average Bonchev–Trinajstić information content (AvgIpc) is 2.85. The summed E-state index contributed by atoms with van der Waals surface area (Å²) in [6.45, 7) is 12.2. The van der Waals surface area contributed by atoms with Crippen LogP contribution in [0.25, 0.3) is 0 Å². The van der Waals surface area contributed by atoms with Crippen molar-refractivity contribution >= 4 is 0 Å². The van der Waals surface area contributed by atoms with Gasteiger partial charge in [-0.25, -0.2) is 0 Å². The van der Waals surface area contributed by atoms with Gasteiger partial charge in [0.05, 0.1) is 0 Å². The lowest BCUT2D eigenvalue weighted by Gasteiger charge is -2.29. The van der Waals surface area contributed by atoms with E-state index in [-0.39, 0.29) is 0 Å². The molecule has 0 saturated carbocycles. The van der Waals surface area contributed by atoms with E-state index in [0.717, 1.165) is 18.4 Å². The molecule has 0 amide bonds. The molecule has 1 fully saturated rings. The summed E-state index contributed by atoms with van der Waals surface area (Å²) in [5.41, 5.74) is 10.3. The number of likely N-dealkylation sites (tertiary alicyclic amines) is 1. The molecule has 1 aromatic carbocycles. The van der Waals surface area contributed by atoms with Crippen LogP contribution in [-0.4, -0.2) is 24.5 Å². The van der Waals surface area contributed by atoms with Crippen LogP contribution >= 0.6 is 0 Å². The normalized spacial score (nSPS) is 22.1. The lowest BCUT2D eigenvalue weighted by molar-refractivity contribution is 0.231. The maximum atomic E-state index is 6.08. The molecular formula is C17H28N2. The Morgan fingerprint density at radius 3 is 2.63 bits per heavy atom. The molecule has 2 nitrogen and oxygen atoms in total. The number of hydrogen-bond acceptors (Lipinski definition) is 2. The topological polar surface area (TPSA) is 29.3 Å². The van der Waals surface area contributed by atoms with Gasteiger partial charge in [-0.05, 0) is 55.3 Å². The quantitative estimate of drug-likeness (QED) is 0.900. The molecule has 2 heteroatoms. The molecule has 2 atom stereocenters. The van der Waals surface area contributed by atoms with Crippen molar-refractivity contribution < 1.29 is 0 Å². The van der Waals surface area contributed by atoms with E-state index in [0.29, 0.717) is 6.04 Å². The number of hydrogen-bond donors (Lipinski definition) is 1. The van der Waals surface area contributed by atoms with E-state index in [4.69, 9.17) is 5.73 Å². The van der Waals surface area contributed by atoms with Crippen molar-refractivity contribution in [2.45, 2.75) is 40.2 Å². The van der Waals surface area contributed by atoms with Crippen LogP contribution in [-0.2, 0) is 0 Å². The minimum atomic E-state index is 0.392. The van der Waals surface area contributed by atoms with E-state index >= 15 is 0 Å².